The molecule has 0 saturated carbocycles. The first kappa shape index (κ1) is 31.0. The molecule has 0 saturated heterocycles. The number of methoxy groups -OCH3 is 1. The number of anilines is 1. The summed E-state index contributed by atoms with van der Waals surface area (Å²) in [7, 11) is 1.93. The van der Waals surface area contributed by atoms with Gasteiger partial charge in [-0.3, -0.25) is 9.69 Å². The van der Waals surface area contributed by atoms with Crippen LogP contribution < -0.4 is 9.64 Å². The van der Waals surface area contributed by atoms with Crippen LogP contribution in [0.2, 0.25) is 0 Å². The van der Waals surface area contributed by atoms with Gasteiger partial charge in [0.05, 0.1) is 16.7 Å². The van der Waals surface area contributed by atoms with E-state index in [2.05, 4.69) is 4.90 Å². The standard InChI is InChI=1S/C29H42N4O4S2/c1-20(2)18-32(19-21(3)4)39(35,36)24-13-11-23(12-14-24)28(34)33(17-9-16-31(6)7)29-30-26-25(37-8)15-10-22(5)27(26)38-29/h10-15,20-21H,9,16-19H2,1-8H3. The minimum atomic E-state index is -3.68. The number of amides is 1. The molecule has 0 unspecified atom stereocenters. The predicted molar refractivity (Wildman–Crippen MR) is 161 cm³/mol. The van der Waals surface area contributed by atoms with Gasteiger partial charge in [0.25, 0.3) is 5.91 Å². The van der Waals surface area contributed by atoms with E-state index in [-0.39, 0.29) is 22.6 Å². The van der Waals surface area contributed by atoms with E-state index in [1.165, 1.54) is 11.3 Å². The Morgan fingerprint density at radius 1 is 0.974 bits per heavy atom. The van der Waals surface area contributed by atoms with Crippen LogP contribution >= 0.6 is 11.3 Å². The molecule has 10 heteroatoms. The molecule has 0 aliphatic heterocycles. The van der Waals surface area contributed by atoms with Crippen LogP contribution in [0.3, 0.4) is 0 Å². The first-order valence-electron chi connectivity index (χ1n) is 13.4. The average molecular weight is 575 g/mol. The summed E-state index contributed by atoms with van der Waals surface area (Å²) in [4.78, 5) is 22.6. The van der Waals surface area contributed by atoms with Gasteiger partial charge in [0, 0.05) is 25.2 Å². The van der Waals surface area contributed by atoms with Crippen LogP contribution in [0.1, 0.15) is 50.0 Å². The summed E-state index contributed by atoms with van der Waals surface area (Å²) in [6.45, 7) is 12.2. The van der Waals surface area contributed by atoms with Crippen LogP contribution in [0, 0.1) is 18.8 Å². The number of thiazole rings is 1. The summed E-state index contributed by atoms with van der Waals surface area (Å²) in [5, 5.41) is 0.595. The number of sulfonamides is 1. The van der Waals surface area contributed by atoms with Crippen molar-refractivity contribution in [3.8, 4) is 5.75 Å². The SMILES string of the molecule is COc1ccc(C)c2sc(N(CCCN(C)C)C(=O)c3ccc(S(=O)(=O)N(CC(C)C)CC(C)C)cc3)nc12. The van der Waals surface area contributed by atoms with E-state index in [1.807, 2.05) is 60.8 Å². The summed E-state index contributed by atoms with van der Waals surface area (Å²) >= 11 is 1.46. The second-order valence-corrected chi connectivity index (χ2v) is 13.9. The van der Waals surface area contributed by atoms with Crippen molar-refractivity contribution in [1.29, 1.82) is 0 Å². The summed E-state index contributed by atoms with van der Waals surface area (Å²) in [6.07, 6.45) is 0.761. The van der Waals surface area contributed by atoms with Gasteiger partial charge in [-0.15, -0.1) is 0 Å². The Labute approximate surface area is 237 Å². The highest BCUT2D eigenvalue weighted by Crippen LogP contribution is 2.37. The van der Waals surface area contributed by atoms with E-state index in [9.17, 15) is 13.2 Å². The monoisotopic (exact) mass is 574 g/mol. The molecule has 0 aliphatic rings. The third-order valence-electron chi connectivity index (χ3n) is 6.25. The van der Waals surface area contributed by atoms with E-state index < -0.39 is 10.0 Å². The zero-order valence-corrected chi connectivity index (χ0v) is 26.0. The van der Waals surface area contributed by atoms with Gasteiger partial charge >= 0.3 is 0 Å². The molecular weight excluding hydrogens is 532 g/mol. The molecule has 214 valence electrons. The number of hydrogen-bond donors (Lipinski definition) is 0. The maximum atomic E-state index is 13.8. The number of benzene rings is 2. The van der Waals surface area contributed by atoms with Gasteiger partial charge in [0.2, 0.25) is 10.0 Å². The molecule has 0 aliphatic carbocycles. The number of nitrogens with zero attached hydrogens (tertiary/aromatic N) is 4. The first-order valence-corrected chi connectivity index (χ1v) is 15.6. The van der Waals surface area contributed by atoms with Gasteiger partial charge in [-0.1, -0.05) is 45.1 Å². The molecule has 1 aromatic heterocycles. The summed E-state index contributed by atoms with van der Waals surface area (Å²) < 4.78 is 34.9. The largest absolute Gasteiger partial charge is 0.494 e. The van der Waals surface area contributed by atoms with Crippen LogP contribution in [-0.2, 0) is 10.0 Å². The Morgan fingerprint density at radius 3 is 2.13 bits per heavy atom. The Balaban J connectivity index is 1.96. The zero-order valence-electron chi connectivity index (χ0n) is 24.4. The smallest absolute Gasteiger partial charge is 0.260 e. The lowest BCUT2D eigenvalue weighted by molar-refractivity contribution is 0.0986. The second-order valence-electron chi connectivity index (χ2n) is 11.0. The number of carbonyl (C=O) groups excluding carboxylic acids is 1. The van der Waals surface area contributed by atoms with Crippen molar-refractivity contribution in [2.24, 2.45) is 11.8 Å². The van der Waals surface area contributed by atoms with Crippen LogP contribution in [0.5, 0.6) is 5.75 Å². The van der Waals surface area contributed by atoms with Crippen molar-refractivity contribution in [3.05, 3.63) is 47.5 Å². The lowest BCUT2D eigenvalue weighted by Crippen LogP contribution is -2.37. The average Bonchev–Trinajstić information content (AvgIpc) is 3.31. The zero-order chi connectivity index (χ0) is 28.9. The molecule has 0 bridgehead atoms. The van der Waals surface area contributed by atoms with Gasteiger partial charge < -0.3 is 9.64 Å². The second kappa shape index (κ2) is 13.2. The van der Waals surface area contributed by atoms with Crippen LogP contribution in [0.4, 0.5) is 5.13 Å². The van der Waals surface area contributed by atoms with Crippen molar-refractivity contribution < 1.29 is 17.9 Å². The first-order chi connectivity index (χ1) is 18.3. The van der Waals surface area contributed by atoms with Crippen molar-refractivity contribution in [2.75, 3.05) is 52.3 Å². The van der Waals surface area contributed by atoms with E-state index in [4.69, 9.17) is 9.72 Å². The third-order valence-corrected chi connectivity index (χ3v) is 9.31. The van der Waals surface area contributed by atoms with Gasteiger partial charge in [0.1, 0.15) is 11.3 Å². The Kier molecular flexibility index (Phi) is 10.5. The quantitative estimate of drug-likeness (QED) is 0.268. The molecule has 0 radical (unpaired) electrons. The number of ether oxygens (including phenoxy) is 1. The molecule has 8 nitrogen and oxygen atoms in total. The highest BCUT2D eigenvalue weighted by Gasteiger charge is 2.27. The topological polar surface area (TPSA) is 83.0 Å². The lowest BCUT2D eigenvalue weighted by atomic mass is 10.2. The molecule has 0 spiro atoms. The highest BCUT2D eigenvalue weighted by atomic mass is 32.2. The normalized spacial score (nSPS) is 12.3. The Morgan fingerprint density at radius 2 is 1.59 bits per heavy atom. The van der Waals surface area contributed by atoms with Crippen LogP contribution in [0.25, 0.3) is 10.2 Å². The molecule has 0 fully saturated rings. The fraction of sp³-hybridized carbons (Fsp3) is 0.517. The maximum absolute atomic E-state index is 13.8. The molecule has 1 heterocycles. The number of aryl methyl sites for hydroxylation is 1. The van der Waals surface area contributed by atoms with Crippen LogP contribution in [0.15, 0.2) is 41.3 Å². The van der Waals surface area contributed by atoms with E-state index in [0.717, 1.165) is 28.7 Å². The molecule has 39 heavy (non-hydrogen) atoms. The van der Waals surface area contributed by atoms with Gasteiger partial charge in [-0.25, -0.2) is 13.4 Å². The van der Waals surface area contributed by atoms with Gasteiger partial charge in [0.15, 0.2) is 5.13 Å². The third kappa shape index (κ3) is 7.57. The Hall–Kier alpha value is -2.53. The number of carbonyl (C=O) groups is 1. The molecule has 2 aromatic carbocycles. The highest BCUT2D eigenvalue weighted by molar-refractivity contribution is 7.89. The molecular formula is C29H42N4O4S2. The molecule has 0 N–H and O–H groups in total. The summed E-state index contributed by atoms with van der Waals surface area (Å²) in [6, 6.07) is 10.2. The van der Waals surface area contributed by atoms with E-state index in [0.29, 0.717) is 36.1 Å². The minimum Gasteiger partial charge on any atom is -0.494 e. The summed E-state index contributed by atoms with van der Waals surface area (Å²) in [5.41, 5.74) is 2.22. The summed E-state index contributed by atoms with van der Waals surface area (Å²) in [5.74, 6) is 0.854. The van der Waals surface area contributed by atoms with Crippen molar-refractivity contribution in [3.63, 3.8) is 0 Å². The van der Waals surface area contributed by atoms with Crippen molar-refractivity contribution >= 4 is 42.6 Å². The van der Waals surface area contributed by atoms with Crippen LogP contribution in [-0.4, -0.2) is 75.9 Å². The maximum Gasteiger partial charge on any atom is 0.260 e. The number of fused-ring (bicyclic) bond motifs is 1. The minimum absolute atomic E-state index is 0.194. The molecule has 3 rings (SSSR count). The van der Waals surface area contributed by atoms with Crippen molar-refractivity contribution in [1.82, 2.24) is 14.2 Å². The van der Waals surface area contributed by atoms with E-state index >= 15 is 0 Å². The number of hydrogen-bond acceptors (Lipinski definition) is 7. The molecule has 1 amide bonds. The Bertz CT molecular complexity index is 1360. The van der Waals surface area contributed by atoms with Gasteiger partial charge in [-0.2, -0.15) is 4.31 Å². The van der Waals surface area contributed by atoms with Gasteiger partial charge in [-0.05, 0) is 81.7 Å². The molecule has 0 atom stereocenters. The lowest BCUT2D eigenvalue weighted by Gasteiger charge is -2.26. The van der Waals surface area contributed by atoms with Crippen molar-refractivity contribution in [2.45, 2.75) is 45.9 Å². The fourth-order valence-corrected chi connectivity index (χ4v) is 7.21. The number of aromatic nitrogens is 1. The fourth-order valence-electron chi connectivity index (χ4n) is 4.37. The van der Waals surface area contributed by atoms with E-state index in [1.54, 1.807) is 40.6 Å². The molecule has 3 aromatic rings. The number of rotatable bonds is 13. The predicted octanol–water partition coefficient (Wildman–Crippen LogP) is 5.51.